The summed E-state index contributed by atoms with van der Waals surface area (Å²) in [4.78, 5) is 1.41. The van der Waals surface area contributed by atoms with Crippen LogP contribution in [0.4, 0.5) is 0 Å². The molecule has 0 aliphatic rings. The Labute approximate surface area is 135 Å². The first-order chi connectivity index (χ1) is 9.72. The van der Waals surface area contributed by atoms with E-state index in [1.165, 1.54) is 4.21 Å². The summed E-state index contributed by atoms with van der Waals surface area (Å²) in [5, 5.41) is 2.03. The van der Waals surface area contributed by atoms with Gasteiger partial charge < -0.3 is 0 Å². The predicted octanol–water partition coefficient (Wildman–Crippen LogP) is 4.99. The molecule has 2 aromatic rings. The van der Waals surface area contributed by atoms with Crippen LogP contribution >= 0.6 is 23.1 Å². The first-order valence-corrected chi connectivity index (χ1v) is 10.2. The van der Waals surface area contributed by atoms with Crippen molar-refractivity contribution in [1.82, 2.24) is 0 Å². The van der Waals surface area contributed by atoms with Crippen molar-refractivity contribution in [1.29, 1.82) is 0 Å². The van der Waals surface area contributed by atoms with Crippen molar-refractivity contribution in [3.05, 3.63) is 41.3 Å². The van der Waals surface area contributed by atoms with Crippen LogP contribution in [0.15, 0.2) is 49.7 Å². The Morgan fingerprint density at radius 1 is 1.19 bits per heavy atom. The number of benzene rings is 1. The maximum absolute atomic E-state index is 12.2. The predicted molar refractivity (Wildman–Crippen MR) is 91.3 cm³/mol. The molecule has 0 fully saturated rings. The van der Waals surface area contributed by atoms with Gasteiger partial charge in [0.05, 0.1) is 14.9 Å². The van der Waals surface area contributed by atoms with Gasteiger partial charge in [-0.2, -0.15) is 0 Å². The van der Waals surface area contributed by atoms with E-state index >= 15 is 0 Å². The van der Waals surface area contributed by atoms with Gasteiger partial charge in [-0.05, 0) is 40.6 Å². The maximum Gasteiger partial charge on any atom is 0.178 e. The van der Waals surface area contributed by atoms with Crippen LogP contribution in [0.3, 0.4) is 0 Å². The van der Waals surface area contributed by atoms with E-state index in [2.05, 4.69) is 26.8 Å². The summed E-state index contributed by atoms with van der Waals surface area (Å²) in [5.41, 5.74) is 0.973. The van der Waals surface area contributed by atoms with Crippen molar-refractivity contribution in [2.24, 2.45) is 0 Å². The molecule has 0 N–H and O–H groups in total. The summed E-state index contributed by atoms with van der Waals surface area (Å²) in [5.74, 6) is 0.129. The second kappa shape index (κ2) is 6.15. The van der Waals surface area contributed by atoms with Crippen LogP contribution < -0.4 is 0 Å². The van der Waals surface area contributed by atoms with Gasteiger partial charge in [-0.3, -0.25) is 0 Å². The fraction of sp³-hybridized carbons (Fsp3) is 0.375. The van der Waals surface area contributed by atoms with Crippen molar-refractivity contribution < 1.29 is 8.42 Å². The summed E-state index contributed by atoms with van der Waals surface area (Å²) in [6.07, 6.45) is 0. The topological polar surface area (TPSA) is 34.1 Å². The van der Waals surface area contributed by atoms with Crippen molar-refractivity contribution in [2.75, 3.05) is 5.75 Å². The third-order valence-corrected chi connectivity index (χ3v) is 6.92. The number of rotatable bonds is 4. The fourth-order valence-corrected chi connectivity index (χ4v) is 4.72. The Balaban J connectivity index is 2.52. The number of hydrogen-bond donors (Lipinski definition) is 0. The van der Waals surface area contributed by atoms with Crippen LogP contribution in [0, 0.1) is 0 Å². The van der Waals surface area contributed by atoms with Gasteiger partial charge in [-0.15, -0.1) is 11.3 Å². The van der Waals surface area contributed by atoms with Crippen LogP contribution in [-0.2, 0) is 15.3 Å². The first kappa shape index (κ1) is 16.6. The third kappa shape index (κ3) is 4.11. The van der Waals surface area contributed by atoms with E-state index in [4.69, 9.17) is 0 Å². The lowest BCUT2D eigenvalue weighted by atomic mass is 9.87. The average Bonchev–Trinajstić information content (AvgIpc) is 2.90. The number of hydrogen-bond acceptors (Lipinski definition) is 4. The first-order valence-electron chi connectivity index (χ1n) is 6.82. The van der Waals surface area contributed by atoms with Gasteiger partial charge in [0.25, 0.3) is 0 Å². The molecule has 0 amide bonds. The molecular formula is C16H20O2S3. The minimum Gasteiger partial charge on any atom is -0.224 e. The molecule has 0 bridgehead atoms. The van der Waals surface area contributed by atoms with E-state index in [-0.39, 0.29) is 11.2 Å². The summed E-state index contributed by atoms with van der Waals surface area (Å²) in [6, 6.07) is 9.76. The van der Waals surface area contributed by atoms with Crippen LogP contribution in [0.1, 0.15) is 33.3 Å². The van der Waals surface area contributed by atoms with Crippen LogP contribution in [0.25, 0.3) is 0 Å². The maximum atomic E-state index is 12.2. The summed E-state index contributed by atoms with van der Waals surface area (Å²) >= 11 is 3.28. The smallest absolute Gasteiger partial charge is 0.178 e. The highest BCUT2D eigenvalue weighted by Gasteiger charge is 2.20. The Morgan fingerprint density at radius 2 is 1.90 bits per heavy atom. The summed E-state index contributed by atoms with van der Waals surface area (Å²) in [7, 11) is -3.19. The molecule has 0 atom stereocenters. The van der Waals surface area contributed by atoms with Crippen molar-refractivity contribution >= 4 is 32.9 Å². The second-order valence-electron chi connectivity index (χ2n) is 5.88. The molecule has 5 heteroatoms. The third-order valence-electron chi connectivity index (χ3n) is 3.20. The van der Waals surface area contributed by atoms with Crippen molar-refractivity contribution in [3.8, 4) is 0 Å². The normalized spacial score (nSPS) is 12.6. The van der Waals surface area contributed by atoms with E-state index in [1.54, 1.807) is 36.1 Å². The monoisotopic (exact) mass is 340 g/mol. The van der Waals surface area contributed by atoms with Crippen molar-refractivity contribution in [3.63, 3.8) is 0 Å². The van der Waals surface area contributed by atoms with Gasteiger partial charge in [-0.1, -0.05) is 45.5 Å². The standard InChI is InChI=1S/C16H20O2S3/c1-5-21(17,18)14-10-12(16(2,3)4)9-13(11-14)20-15-7-6-8-19-15/h6-11H,5H2,1-4H3. The van der Waals surface area contributed by atoms with Gasteiger partial charge in [0, 0.05) is 4.90 Å². The zero-order chi connectivity index (χ0) is 15.7. The Morgan fingerprint density at radius 3 is 2.43 bits per heavy atom. The van der Waals surface area contributed by atoms with E-state index in [1.807, 2.05) is 23.6 Å². The van der Waals surface area contributed by atoms with E-state index in [0.29, 0.717) is 4.90 Å². The molecule has 0 saturated heterocycles. The van der Waals surface area contributed by atoms with Gasteiger partial charge in [0.1, 0.15) is 0 Å². The Bertz CT molecular complexity index is 708. The van der Waals surface area contributed by atoms with Gasteiger partial charge in [0.15, 0.2) is 9.84 Å². The highest BCUT2D eigenvalue weighted by molar-refractivity contribution is 8.01. The molecule has 0 aliphatic heterocycles. The molecule has 0 saturated carbocycles. The minimum atomic E-state index is -3.19. The molecule has 2 nitrogen and oxygen atoms in total. The zero-order valence-electron chi connectivity index (χ0n) is 12.7. The molecule has 0 spiro atoms. The number of thiophene rings is 1. The van der Waals surface area contributed by atoms with E-state index in [0.717, 1.165) is 10.5 Å². The van der Waals surface area contributed by atoms with E-state index in [9.17, 15) is 8.42 Å². The summed E-state index contributed by atoms with van der Waals surface area (Å²) in [6.45, 7) is 7.99. The number of sulfone groups is 1. The van der Waals surface area contributed by atoms with Gasteiger partial charge in [0.2, 0.25) is 0 Å². The fourth-order valence-electron chi connectivity index (χ4n) is 1.85. The van der Waals surface area contributed by atoms with Crippen LogP contribution in [0.2, 0.25) is 0 Å². The molecule has 0 unspecified atom stereocenters. The lowest BCUT2D eigenvalue weighted by Crippen LogP contribution is -2.13. The Kier molecular flexibility index (Phi) is 4.85. The highest BCUT2D eigenvalue weighted by atomic mass is 32.2. The molecule has 2 rings (SSSR count). The Hall–Kier alpha value is -0.780. The molecule has 21 heavy (non-hydrogen) atoms. The van der Waals surface area contributed by atoms with E-state index < -0.39 is 9.84 Å². The minimum absolute atomic E-state index is 0.0793. The largest absolute Gasteiger partial charge is 0.224 e. The summed E-state index contributed by atoms with van der Waals surface area (Å²) < 4.78 is 25.6. The SMILES string of the molecule is CCS(=O)(=O)c1cc(Sc2cccs2)cc(C(C)(C)C)c1. The quantitative estimate of drug-likeness (QED) is 0.786. The van der Waals surface area contributed by atoms with Crippen molar-refractivity contribution in [2.45, 2.75) is 47.1 Å². The molecule has 114 valence electrons. The molecule has 0 aliphatic carbocycles. The second-order valence-corrected chi connectivity index (χ2v) is 10.5. The highest BCUT2D eigenvalue weighted by Crippen LogP contribution is 2.36. The zero-order valence-corrected chi connectivity index (χ0v) is 15.2. The van der Waals surface area contributed by atoms with Crippen LogP contribution in [-0.4, -0.2) is 14.2 Å². The molecule has 1 aromatic carbocycles. The molecule has 1 heterocycles. The van der Waals surface area contributed by atoms with Gasteiger partial charge in [-0.25, -0.2) is 8.42 Å². The average molecular weight is 341 g/mol. The lowest BCUT2D eigenvalue weighted by Gasteiger charge is -2.21. The lowest BCUT2D eigenvalue weighted by molar-refractivity contribution is 0.582. The van der Waals surface area contributed by atoms with Crippen LogP contribution in [0.5, 0.6) is 0 Å². The van der Waals surface area contributed by atoms with Gasteiger partial charge >= 0.3 is 0 Å². The molecule has 1 aromatic heterocycles. The molecule has 0 radical (unpaired) electrons. The molecular weight excluding hydrogens is 320 g/mol.